The van der Waals surface area contributed by atoms with Crippen molar-refractivity contribution in [3.8, 4) is 0 Å². The number of amides is 1. The van der Waals surface area contributed by atoms with E-state index in [0.717, 1.165) is 0 Å². The molecule has 0 heterocycles. The summed E-state index contributed by atoms with van der Waals surface area (Å²) in [5, 5.41) is 5.49. The second-order valence-electron chi connectivity index (χ2n) is 4.98. The van der Waals surface area contributed by atoms with Gasteiger partial charge in [0.1, 0.15) is 6.17 Å². The summed E-state index contributed by atoms with van der Waals surface area (Å²) < 4.78 is 23.5. The summed E-state index contributed by atoms with van der Waals surface area (Å²) in [7, 11) is 0. The fourth-order valence-electron chi connectivity index (χ4n) is 1.95. The van der Waals surface area contributed by atoms with Crippen LogP contribution in [-0.2, 0) is 0 Å². The molecule has 0 aromatic heterocycles. The molecule has 0 aliphatic heterocycles. The fourth-order valence-corrected chi connectivity index (χ4v) is 3.24. The maximum absolute atomic E-state index is 12.4. The van der Waals surface area contributed by atoms with Gasteiger partial charge < -0.3 is 10.6 Å². The van der Waals surface area contributed by atoms with Gasteiger partial charge in [0.2, 0.25) is 3.79 Å². The van der Waals surface area contributed by atoms with Gasteiger partial charge in [0, 0.05) is 15.1 Å². The second-order valence-corrected chi connectivity index (χ2v) is 9.26. The first-order chi connectivity index (χ1) is 12.2. The molecule has 0 radical (unpaired) electrons. The van der Waals surface area contributed by atoms with Crippen molar-refractivity contribution in [3.05, 3.63) is 58.6 Å². The van der Waals surface area contributed by atoms with Gasteiger partial charge in [0.05, 0.1) is 5.56 Å². The number of rotatable bonds is 6. The van der Waals surface area contributed by atoms with Gasteiger partial charge >= 0.3 is 0 Å². The smallest absolute Gasteiger partial charge is 0.288 e. The fraction of sp³-hybridized carbons (Fsp3) is 0.188. The molecule has 26 heavy (non-hydrogen) atoms. The van der Waals surface area contributed by atoms with Crippen LogP contribution in [0, 0.1) is 0 Å². The van der Waals surface area contributed by atoms with Crippen molar-refractivity contribution in [2.24, 2.45) is 0 Å². The Kier molecular flexibility index (Phi) is 7.85. The second kappa shape index (κ2) is 9.46. The SMILES string of the molecule is O=C(N[C@@H](Nc1ccc(SC(F)F)cc1)C(Cl)(Cl)Cl)c1ccccc1Br. The molecule has 0 aliphatic rings. The molecule has 140 valence electrons. The number of carbonyl (C=O) groups is 1. The molecule has 0 saturated carbocycles. The van der Waals surface area contributed by atoms with Crippen LogP contribution in [0.15, 0.2) is 57.9 Å². The average Bonchev–Trinajstić information content (AvgIpc) is 2.55. The predicted molar refractivity (Wildman–Crippen MR) is 108 cm³/mol. The van der Waals surface area contributed by atoms with Gasteiger partial charge in [-0.05, 0) is 52.3 Å². The van der Waals surface area contributed by atoms with Crippen LogP contribution < -0.4 is 10.6 Å². The Morgan fingerprint density at radius 1 is 1.08 bits per heavy atom. The van der Waals surface area contributed by atoms with E-state index in [-0.39, 0.29) is 0 Å². The minimum Gasteiger partial charge on any atom is -0.362 e. The van der Waals surface area contributed by atoms with Gasteiger partial charge in [-0.25, -0.2) is 0 Å². The Bertz CT molecular complexity index is 760. The van der Waals surface area contributed by atoms with E-state index < -0.39 is 21.6 Å². The molecule has 2 N–H and O–H groups in total. The molecule has 2 aromatic rings. The van der Waals surface area contributed by atoms with Crippen molar-refractivity contribution in [2.75, 3.05) is 5.32 Å². The van der Waals surface area contributed by atoms with E-state index in [1.807, 2.05) is 0 Å². The molecule has 0 bridgehead atoms. The van der Waals surface area contributed by atoms with E-state index in [9.17, 15) is 13.6 Å². The average molecular weight is 505 g/mol. The lowest BCUT2D eigenvalue weighted by Gasteiger charge is -2.27. The van der Waals surface area contributed by atoms with Crippen LogP contribution in [0.25, 0.3) is 0 Å². The lowest BCUT2D eigenvalue weighted by atomic mass is 10.2. The normalized spacial score (nSPS) is 12.7. The first-order valence-corrected chi connectivity index (χ1v) is 9.91. The number of hydrogen-bond donors (Lipinski definition) is 2. The van der Waals surface area contributed by atoms with Crippen molar-refractivity contribution in [2.45, 2.75) is 20.6 Å². The number of hydrogen-bond acceptors (Lipinski definition) is 3. The first-order valence-electron chi connectivity index (χ1n) is 7.10. The molecule has 0 saturated heterocycles. The largest absolute Gasteiger partial charge is 0.362 e. The zero-order valence-corrected chi connectivity index (χ0v) is 17.5. The molecule has 10 heteroatoms. The highest BCUT2D eigenvalue weighted by atomic mass is 79.9. The number of benzene rings is 2. The summed E-state index contributed by atoms with van der Waals surface area (Å²) in [6.07, 6.45) is -1.05. The summed E-state index contributed by atoms with van der Waals surface area (Å²) in [5.74, 6) is -2.96. The van der Waals surface area contributed by atoms with Gasteiger partial charge in [-0.15, -0.1) is 0 Å². The van der Waals surface area contributed by atoms with Crippen LogP contribution in [0.2, 0.25) is 0 Å². The third-order valence-electron chi connectivity index (χ3n) is 3.11. The Morgan fingerprint density at radius 3 is 2.23 bits per heavy atom. The Morgan fingerprint density at radius 2 is 1.69 bits per heavy atom. The Labute approximate surface area is 176 Å². The van der Waals surface area contributed by atoms with Crippen LogP contribution in [-0.4, -0.2) is 21.6 Å². The number of anilines is 1. The molecule has 0 fully saturated rings. The molecule has 1 atom stereocenters. The maximum Gasteiger partial charge on any atom is 0.288 e. The van der Waals surface area contributed by atoms with Crippen LogP contribution in [0.5, 0.6) is 0 Å². The predicted octanol–water partition coefficient (Wildman–Crippen LogP) is 6.30. The van der Waals surface area contributed by atoms with Crippen molar-refractivity contribution in [1.29, 1.82) is 0 Å². The van der Waals surface area contributed by atoms with Gasteiger partial charge in [0.15, 0.2) is 0 Å². The van der Waals surface area contributed by atoms with Gasteiger partial charge in [-0.1, -0.05) is 58.7 Å². The minimum atomic E-state index is -2.51. The van der Waals surface area contributed by atoms with Crippen LogP contribution >= 0.6 is 62.5 Å². The van der Waals surface area contributed by atoms with E-state index in [1.165, 1.54) is 12.1 Å². The first kappa shape index (κ1) is 21.6. The zero-order chi connectivity index (χ0) is 19.3. The lowest BCUT2D eigenvalue weighted by Crippen LogP contribution is -2.49. The summed E-state index contributed by atoms with van der Waals surface area (Å²) in [5.41, 5.74) is 0.865. The number of carbonyl (C=O) groups excluding carboxylic acids is 1. The summed E-state index contributed by atoms with van der Waals surface area (Å²) in [6.45, 7) is 0. The summed E-state index contributed by atoms with van der Waals surface area (Å²) >= 11 is 21.6. The van der Waals surface area contributed by atoms with Gasteiger partial charge in [-0.3, -0.25) is 4.79 Å². The molecule has 3 nitrogen and oxygen atoms in total. The highest BCUT2D eigenvalue weighted by Crippen LogP contribution is 2.32. The molecular weight excluding hydrogens is 493 g/mol. The number of thioether (sulfide) groups is 1. The van der Waals surface area contributed by atoms with Gasteiger partial charge in [0.25, 0.3) is 11.7 Å². The minimum absolute atomic E-state index is 0.372. The highest BCUT2D eigenvalue weighted by molar-refractivity contribution is 9.10. The molecule has 0 aliphatic carbocycles. The van der Waals surface area contributed by atoms with Crippen molar-refractivity contribution >= 4 is 74.1 Å². The topological polar surface area (TPSA) is 41.1 Å². The highest BCUT2D eigenvalue weighted by Gasteiger charge is 2.34. The molecule has 2 aromatic carbocycles. The quantitative estimate of drug-likeness (QED) is 0.276. The lowest BCUT2D eigenvalue weighted by molar-refractivity contribution is 0.0941. The molecule has 0 spiro atoms. The monoisotopic (exact) mass is 502 g/mol. The standard InChI is InChI=1S/C16H12BrCl3F2N2OS/c17-12-4-2-1-3-11(12)13(25)24-14(16(18,19)20)23-9-5-7-10(8-6-9)26-15(21)22/h1-8,14-15,23H,(H,24,25)/t14-/m1/s1. The van der Waals surface area contributed by atoms with E-state index in [0.29, 0.717) is 32.4 Å². The van der Waals surface area contributed by atoms with E-state index in [1.54, 1.807) is 36.4 Å². The third-order valence-corrected chi connectivity index (χ3v) is 5.18. The van der Waals surface area contributed by atoms with Crippen LogP contribution in [0.3, 0.4) is 0 Å². The molecular formula is C16H12BrCl3F2N2OS. The van der Waals surface area contributed by atoms with E-state index in [2.05, 4.69) is 26.6 Å². The molecule has 1 amide bonds. The molecule has 2 rings (SSSR count). The number of nitrogens with one attached hydrogen (secondary N) is 2. The van der Waals surface area contributed by atoms with E-state index >= 15 is 0 Å². The maximum atomic E-state index is 12.4. The van der Waals surface area contributed by atoms with Crippen LogP contribution in [0.1, 0.15) is 10.4 Å². The summed E-state index contributed by atoms with van der Waals surface area (Å²) in [4.78, 5) is 12.8. The Hall–Kier alpha value is -0.730. The zero-order valence-electron chi connectivity index (χ0n) is 12.9. The van der Waals surface area contributed by atoms with Gasteiger partial charge in [-0.2, -0.15) is 8.78 Å². The number of alkyl halides is 5. The van der Waals surface area contributed by atoms with Crippen molar-refractivity contribution in [3.63, 3.8) is 0 Å². The summed E-state index contributed by atoms with van der Waals surface area (Å²) in [6, 6.07) is 12.9. The number of halogens is 6. The third kappa shape index (κ3) is 6.46. The van der Waals surface area contributed by atoms with Crippen molar-refractivity contribution in [1.82, 2.24) is 5.32 Å². The van der Waals surface area contributed by atoms with Crippen molar-refractivity contribution < 1.29 is 13.6 Å². The van der Waals surface area contributed by atoms with Crippen LogP contribution in [0.4, 0.5) is 14.5 Å². The Balaban J connectivity index is 2.13. The molecule has 0 unspecified atom stereocenters. The van der Waals surface area contributed by atoms with E-state index in [4.69, 9.17) is 34.8 Å².